The molecule has 2 heterocycles. The molecule has 7 aromatic rings. The van der Waals surface area contributed by atoms with Gasteiger partial charge in [-0.2, -0.15) is 0 Å². The molecule has 0 unspecified atom stereocenters. The summed E-state index contributed by atoms with van der Waals surface area (Å²) >= 11 is 0. The molecule has 0 saturated heterocycles. The first-order valence-electron chi connectivity index (χ1n) is 14.6. The molecule has 0 N–H and O–H groups in total. The van der Waals surface area contributed by atoms with E-state index in [2.05, 4.69) is 156 Å². The van der Waals surface area contributed by atoms with Crippen LogP contribution < -0.4 is 0 Å². The fourth-order valence-electron chi connectivity index (χ4n) is 6.89. The van der Waals surface area contributed by atoms with Gasteiger partial charge in [0.15, 0.2) is 0 Å². The Labute approximate surface area is 240 Å². The molecular weight excluding hydrogens is 496 g/mol. The van der Waals surface area contributed by atoms with Gasteiger partial charge in [0.2, 0.25) is 0 Å². The first-order chi connectivity index (χ1) is 20.1. The van der Waals surface area contributed by atoms with Crippen LogP contribution >= 0.6 is 0 Å². The molecule has 2 heteroatoms. The molecule has 0 fully saturated rings. The highest BCUT2D eigenvalue weighted by Crippen LogP contribution is 2.37. The molecule has 1 aliphatic rings. The van der Waals surface area contributed by atoms with E-state index in [1.807, 2.05) is 0 Å². The highest BCUT2D eigenvalue weighted by atomic mass is 15.0. The van der Waals surface area contributed by atoms with E-state index >= 15 is 0 Å². The number of allylic oxidation sites excluding steroid dienone is 1. The second kappa shape index (κ2) is 9.11. The molecule has 5 aromatic carbocycles. The molecule has 0 aliphatic heterocycles. The van der Waals surface area contributed by atoms with Crippen molar-refractivity contribution >= 4 is 38.8 Å². The van der Waals surface area contributed by atoms with E-state index < -0.39 is 0 Å². The first kappa shape index (κ1) is 24.0. The van der Waals surface area contributed by atoms with Gasteiger partial charge in [-0.05, 0) is 78.1 Å². The highest BCUT2D eigenvalue weighted by molar-refractivity contribution is 6.09. The Morgan fingerprint density at radius 1 is 0.512 bits per heavy atom. The van der Waals surface area contributed by atoms with Gasteiger partial charge < -0.3 is 9.13 Å². The van der Waals surface area contributed by atoms with Crippen LogP contribution in [0.1, 0.15) is 42.7 Å². The van der Waals surface area contributed by atoms with Gasteiger partial charge in [0.1, 0.15) is 0 Å². The maximum atomic E-state index is 2.43. The summed E-state index contributed by atoms with van der Waals surface area (Å²) in [6, 6.07) is 44.5. The summed E-state index contributed by atoms with van der Waals surface area (Å²) in [5.74, 6) is 0. The van der Waals surface area contributed by atoms with Crippen LogP contribution in [0.2, 0.25) is 0 Å². The van der Waals surface area contributed by atoms with E-state index in [0.717, 1.165) is 12.8 Å². The number of aryl methyl sites for hydroxylation is 1. The van der Waals surface area contributed by atoms with E-state index in [4.69, 9.17) is 0 Å². The van der Waals surface area contributed by atoms with Crippen LogP contribution in [0.5, 0.6) is 0 Å². The summed E-state index contributed by atoms with van der Waals surface area (Å²) in [6.07, 6.45) is 6.83. The van der Waals surface area contributed by atoms with Crippen LogP contribution in [0.4, 0.5) is 0 Å². The van der Waals surface area contributed by atoms with Crippen LogP contribution in [-0.2, 0) is 11.8 Å². The number of nitrogens with zero attached hydrogens (tertiary/aromatic N) is 2. The lowest BCUT2D eigenvalue weighted by molar-refractivity contribution is 0.640. The summed E-state index contributed by atoms with van der Waals surface area (Å²) in [4.78, 5) is 0. The Morgan fingerprint density at radius 2 is 0.976 bits per heavy atom. The monoisotopic (exact) mass is 528 g/mol. The van der Waals surface area contributed by atoms with Crippen molar-refractivity contribution < 1.29 is 0 Å². The zero-order chi connectivity index (χ0) is 27.6. The van der Waals surface area contributed by atoms with Crippen molar-refractivity contribution in [3.05, 3.63) is 150 Å². The summed E-state index contributed by atoms with van der Waals surface area (Å²) in [7, 11) is 0. The summed E-state index contributed by atoms with van der Waals surface area (Å²) in [5.41, 5.74) is 11.5. The second-order valence-electron chi connectivity index (χ2n) is 11.7. The number of hydrogen-bond acceptors (Lipinski definition) is 0. The van der Waals surface area contributed by atoms with Crippen LogP contribution in [0.3, 0.4) is 0 Å². The molecule has 2 aromatic heterocycles. The molecule has 0 atom stereocenters. The maximum absolute atomic E-state index is 2.43. The minimum absolute atomic E-state index is 0.129. The summed E-state index contributed by atoms with van der Waals surface area (Å²) in [5, 5.41) is 3.96. The Balaban J connectivity index is 1.16. The van der Waals surface area contributed by atoms with Gasteiger partial charge in [0.05, 0.1) is 16.6 Å². The van der Waals surface area contributed by atoms with Gasteiger partial charge in [-0.1, -0.05) is 98.8 Å². The molecule has 0 spiro atoms. The molecule has 198 valence electrons. The molecule has 0 bridgehead atoms. The predicted octanol–water partition coefficient (Wildman–Crippen LogP) is 10.0. The lowest BCUT2D eigenvalue weighted by Crippen LogP contribution is -2.19. The van der Waals surface area contributed by atoms with Crippen molar-refractivity contribution in [2.45, 2.75) is 32.1 Å². The van der Waals surface area contributed by atoms with Crippen molar-refractivity contribution in [2.75, 3.05) is 0 Å². The highest BCUT2D eigenvalue weighted by Gasteiger charge is 2.24. The average Bonchev–Trinajstić information content (AvgIpc) is 3.54. The zero-order valence-corrected chi connectivity index (χ0v) is 23.5. The SMILES string of the molecule is CC(C)(c1ccc(-n2c3c(c4ccccc42)CCC=C3)cc1)c1ccc(-n2c3ccccc3c3ccccc32)cc1. The van der Waals surface area contributed by atoms with Crippen LogP contribution in [0, 0.1) is 0 Å². The molecule has 0 radical (unpaired) electrons. The van der Waals surface area contributed by atoms with Gasteiger partial charge >= 0.3 is 0 Å². The second-order valence-corrected chi connectivity index (χ2v) is 11.7. The van der Waals surface area contributed by atoms with Crippen molar-refractivity contribution in [3.63, 3.8) is 0 Å². The molecular formula is C39H32N2. The average molecular weight is 529 g/mol. The normalized spacial score (nSPS) is 13.3. The van der Waals surface area contributed by atoms with E-state index in [9.17, 15) is 0 Å². The lowest BCUT2D eigenvalue weighted by atomic mass is 9.78. The summed E-state index contributed by atoms with van der Waals surface area (Å²) < 4.78 is 4.81. The Hall–Kier alpha value is -4.82. The third kappa shape index (κ3) is 3.64. The fraction of sp³-hybridized carbons (Fsp3) is 0.128. The maximum Gasteiger partial charge on any atom is 0.0541 e. The Bertz CT molecular complexity index is 2040. The van der Waals surface area contributed by atoms with Gasteiger partial charge in [-0.15, -0.1) is 0 Å². The standard InChI is InChI=1S/C39H32N2/c1-39(2,27-19-23-29(24-20-27)40-35-15-7-3-11-31(35)32-12-4-8-16-36(32)40)28-21-25-30(26-22-28)41-37-17-9-5-13-33(37)34-14-6-10-18-38(34)41/h3-5,7-13,15-26H,6,14H2,1-2H3. The van der Waals surface area contributed by atoms with Crippen molar-refractivity contribution in [1.82, 2.24) is 9.13 Å². The lowest BCUT2D eigenvalue weighted by Gasteiger charge is -2.27. The van der Waals surface area contributed by atoms with E-state index in [0.29, 0.717) is 0 Å². The van der Waals surface area contributed by atoms with Gasteiger partial charge in [-0.25, -0.2) is 0 Å². The minimum atomic E-state index is -0.129. The Morgan fingerprint density at radius 3 is 1.54 bits per heavy atom. The third-order valence-corrected chi connectivity index (χ3v) is 9.13. The Kier molecular flexibility index (Phi) is 5.33. The molecule has 41 heavy (non-hydrogen) atoms. The zero-order valence-electron chi connectivity index (χ0n) is 23.5. The van der Waals surface area contributed by atoms with Crippen LogP contribution in [-0.4, -0.2) is 9.13 Å². The van der Waals surface area contributed by atoms with E-state index in [1.165, 1.54) is 66.5 Å². The summed E-state index contributed by atoms with van der Waals surface area (Å²) in [6.45, 7) is 4.65. The van der Waals surface area contributed by atoms with E-state index in [1.54, 1.807) is 0 Å². The van der Waals surface area contributed by atoms with Gasteiger partial charge in [-0.3, -0.25) is 0 Å². The third-order valence-electron chi connectivity index (χ3n) is 9.13. The molecule has 2 nitrogen and oxygen atoms in total. The number of para-hydroxylation sites is 3. The first-order valence-corrected chi connectivity index (χ1v) is 14.6. The number of aromatic nitrogens is 2. The minimum Gasteiger partial charge on any atom is -0.310 e. The van der Waals surface area contributed by atoms with Crippen LogP contribution in [0.25, 0.3) is 50.2 Å². The van der Waals surface area contributed by atoms with E-state index in [-0.39, 0.29) is 5.41 Å². The number of hydrogen-bond donors (Lipinski definition) is 0. The smallest absolute Gasteiger partial charge is 0.0541 e. The molecule has 0 saturated carbocycles. The van der Waals surface area contributed by atoms with Crippen LogP contribution in [0.15, 0.2) is 127 Å². The van der Waals surface area contributed by atoms with Crippen molar-refractivity contribution in [1.29, 1.82) is 0 Å². The van der Waals surface area contributed by atoms with Crippen molar-refractivity contribution in [3.8, 4) is 11.4 Å². The molecule has 1 aliphatic carbocycles. The fourth-order valence-corrected chi connectivity index (χ4v) is 6.89. The number of benzene rings is 5. The van der Waals surface area contributed by atoms with Gasteiger partial charge in [0.25, 0.3) is 0 Å². The topological polar surface area (TPSA) is 9.86 Å². The predicted molar refractivity (Wildman–Crippen MR) is 174 cm³/mol. The largest absolute Gasteiger partial charge is 0.310 e. The number of rotatable bonds is 4. The molecule has 0 amide bonds. The quantitative estimate of drug-likeness (QED) is 0.215. The van der Waals surface area contributed by atoms with Gasteiger partial charge in [0, 0.05) is 38.6 Å². The van der Waals surface area contributed by atoms with Crippen molar-refractivity contribution in [2.24, 2.45) is 0 Å². The molecule has 8 rings (SSSR count). The number of fused-ring (bicyclic) bond motifs is 6.